The third-order valence-electron chi connectivity index (χ3n) is 1.70. The summed E-state index contributed by atoms with van der Waals surface area (Å²) in [6.45, 7) is 3.03. The van der Waals surface area contributed by atoms with Crippen LogP contribution in [-0.4, -0.2) is 56.6 Å². The third-order valence-corrected chi connectivity index (χ3v) is 2.27. The van der Waals surface area contributed by atoms with Crippen LogP contribution in [0.15, 0.2) is 4.99 Å². The molecule has 1 atom stereocenters. The number of nitrogens with one attached hydrogen (secondary N) is 2. The maximum Gasteiger partial charge on any atom is 0.232 e. The van der Waals surface area contributed by atoms with Crippen molar-refractivity contribution in [1.29, 1.82) is 0 Å². The zero-order chi connectivity index (χ0) is 11.5. The molecule has 0 bridgehead atoms. The first-order valence-corrected chi connectivity index (χ1v) is 6.42. The Hall–Kier alpha value is -0.860. The highest BCUT2D eigenvalue weighted by atomic mass is 32.2. The van der Waals surface area contributed by atoms with Crippen molar-refractivity contribution in [2.24, 2.45) is 4.99 Å². The topological polar surface area (TPSA) is 94.0 Å². The van der Waals surface area contributed by atoms with E-state index in [1.807, 2.05) is 4.90 Å². The van der Waals surface area contributed by atoms with E-state index in [2.05, 4.69) is 15.0 Å². The largest absolute Gasteiger partial charge is 0.392 e. The van der Waals surface area contributed by atoms with Gasteiger partial charge in [0, 0.05) is 6.54 Å². The highest BCUT2D eigenvalue weighted by Crippen LogP contribution is 1.95. The van der Waals surface area contributed by atoms with Crippen LogP contribution in [0.2, 0.25) is 0 Å². The van der Waals surface area contributed by atoms with E-state index in [9.17, 15) is 8.42 Å². The second-order valence-corrected chi connectivity index (χ2v) is 5.31. The standard InChI is InChI=1S/C7H16N4O3S/c1-6(12)3-11-4-8-7(9-5-11)10-15(2,13)14/h6,12H,3-5H2,1-2H3,(H2,8,9,10). The summed E-state index contributed by atoms with van der Waals surface area (Å²) in [4.78, 5) is 5.84. The molecule has 1 rings (SSSR count). The fourth-order valence-corrected chi connectivity index (χ4v) is 1.69. The molecule has 0 radical (unpaired) electrons. The molecule has 0 aliphatic carbocycles. The van der Waals surface area contributed by atoms with Crippen molar-refractivity contribution in [2.75, 3.05) is 26.1 Å². The summed E-state index contributed by atoms with van der Waals surface area (Å²) in [6.07, 6.45) is 0.644. The number of hydrogen-bond acceptors (Lipinski definition) is 6. The van der Waals surface area contributed by atoms with Gasteiger partial charge in [0.1, 0.15) is 0 Å². The van der Waals surface area contributed by atoms with Crippen LogP contribution in [0.1, 0.15) is 6.92 Å². The zero-order valence-corrected chi connectivity index (χ0v) is 9.58. The molecule has 1 aliphatic heterocycles. The Kier molecular flexibility index (Phi) is 3.89. The van der Waals surface area contributed by atoms with Crippen molar-refractivity contribution < 1.29 is 13.5 Å². The van der Waals surface area contributed by atoms with Gasteiger partial charge in [0.05, 0.1) is 25.7 Å². The molecule has 0 saturated carbocycles. The van der Waals surface area contributed by atoms with Gasteiger partial charge in [-0.05, 0) is 6.92 Å². The molecule has 0 fully saturated rings. The average molecular weight is 236 g/mol. The van der Waals surface area contributed by atoms with Gasteiger partial charge in [0.15, 0.2) is 0 Å². The van der Waals surface area contributed by atoms with Crippen LogP contribution in [0.25, 0.3) is 0 Å². The normalized spacial score (nSPS) is 20.3. The van der Waals surface area contributed by atoms with Crippen LogP contribution in [0.5, 0.6) is 0 Å². The molecule has 1 aliphatic rings. The smallest absolute Gasteiger partial charge is 0.232 e. The minimum Gasteiger partial charge on any atom is -0.392 e. The Morgan fingerprint density at radius 1 is 1.73 bits per heavy atom. The molecule has 0 aromatic heterocycles. The number of β-amino-alcohol motifs (C(OH)–C–C–N with tert-alkyl or cyclic N) is 1. The van der Waals surface area contributed by atoms with Crippen molar-refractivity contribution in [3.05, 3.63) is 0 Å². The van der Waals surface area contributed by atoms with Crippen LogP contribution >= 0.6 is 0 Å². The predicted octanol–water partition coefficient (Wildman–Crippen LogP) is -1.91. The lowest BCUT2D eigenvalue weighted by Gasteiger charge is -2.27. The van der Waals surface area contributed by atoms with E-state index >= 15 is 0 Å². The molecule has 1 heterocycles. The van der Waals surface area contributed by atoms with Gasteiger partial charge >= 0.3 is 0 Å². The molecular formula is C7H16N4O3S. The summed E-state index contributed by atoms with van der Waals surface area (Å²) >= 11 is 0. The summed E-state index contributed by atoms with van der Waals surface area (Å²) in [7, 11) is -3.28. The van der Waals surface area contributed by atoms with E-state index in [4.69, 9.17) is 5.11 Å². The summed E-state index contributed by atoms with van der Waals surface area (Å²) in [5, 5.41) is 11.9. The number of guanidine groups is 1. The Morgan fingerprint density at radius 2 is 2.40 bits per heavy atom. The van der Waals surface area contributed by atoms with Gasteiger partial charge in [-0.25, -0.2) is 13.4 Å². The van der Waals surface area contributed by atoms with Crippen molar-refractivity contribution in [2.45, 2.75) is 13.0 Å². The zero-order valence-electron chi connectivity index (χ0n) is 8.77. The van der Waals surface area contributed by atoms with Crippen molar-refractivity contribution in [3.63, 3.8) is 0 Å². The van der Waals surface area contributed by atoms with Gasteiger partial charge in [-0.15, -0.1) is 0 Å². The van der Waals surface area contributed by atoms with E-state index in [1.165, 1.54) is 0 Å². The van der Waals surface area contributed by atoms with Crippen molar-refractivity contribution >= 4 is 16.0 Å². The fraction of sp³-hybridized carbons (Fsp3) is 0.857. The lowest BCUT2D eigenvalue weighted by atomic mass is 10.4. The molecule has 1 unspecified atom stereocenters. The molecule has 0 spiro atoms. The number of sulfonamides is 1. The maximum atomic E-state index is 10.9. The Morgan fingerprint density at radius 3 is 2.80 bits per heavy atom. The number of aliphatic hydroxyl groups is 1. The lowest BCUT2D eigenvalue weighted by Crippen LogP contribution is -2.51. The summed E-state index contributed by atoms with van der Waals surface area (Å²) < 4.78 is 24.0. The number of rotatable bonds is 3. The Balaban J connectivity index is 2.45. The second kappa shape index (κ2) is 4.77. The second-order valence-electron chi connectivity index (χ2n) is 3.56. The van der Waals surface area contributed by atoms with Gasteiger partial charge in [-0.1, -0.05) is 0 Å². The molecule has 8 heteroatoms. The molecule has 15 heavy (non-hydrogen) atoms. The minimum atomic E-state index is -3.28. The third kappa shape index (κ3) is 4.96. The van der Waals surface area contributed by atoms with Gasteiger partial charge in [0.2, 0.25) is 16.0 Å². The molecule has 0 aromatic rings. The molecular weight excluding hydrogens is 220 g/mol. The van der Waals surface area contributed by atoms with Gasteiger partial charge in [-0.2, -0.15) is 0 Å². The number of aliphatic hydroxyl groups excluding tert-OH is 1. The number of hydrogen-bond donors (Lipinski definition) is 3. The quantitative estimate of drug-likeness (QED) is 0.532. The average Bonchev–Trinajstić information content (AvgIpc) is 2.05. The van der Waals surface area contributed by atoms with Crippen LogP contribution in [-0.2, 0) is 10.0 Å². The van der Waals surface area contributed by atoms with Crippen LogP contribution in [0.3, 0.4) is 0 Å². The first kappa shape index (κ1) is 12.2. The van der Waals surface area contributed by atoms with Gasteiger partial charge in [-0.3, -0.25) is 9.62 Å². The summed E-state index contributed by atoms with van der Waals surface area (Å²) in [6, 6.07) is 0. The van der Waals surface area contributed by atoms with Gasteiger partial charge in [0.25, 0.3) is 0 Å². The highest BCUT2D eigenvalue weighted by Gasteiger charge is 2.15. The van der Waals surface area contributed by atoms with E-state index in [0.29, 0.717) is 19.9 Å². The molecule has 0 saturated heterocycles. The van der Waals surface area contributed by atoms with Gasteiger partial charge < -0.3 is 10.4 Å². The Bertz CT molecular complexity index is 338. The molecule has 3 N–H and O–H groups in total. The maximum absolute atomic E-state index is 10.9. The lowest BCUT2D eigenvalue weighted by molar-refractivity contribution is 0.123. The van der Waals surface area contributed by atoms with Crippen molar-refractivity contribution in [1.82, 2.24) is 14.9 Å². The van der Waals surface area contributed by atoms with E-state index in [1.54, 1.807) is 6.92 Å². The monoisotopic (exact) mass is 236 g/mol. The van der Waals surface area contributed by atoms with E-state index in [0.717, 1.165) is 6.26 Å². The van der Waals surface area contributed by atoms with E-state index < -0.39 is 16.1 Å². The molecule has 7 nitrogen and oxygen atoms in total. The van der Waals surface area contributed by atoms with Crippen molar-refractivity contribution in [3.8, 4) is 0 Å². The van der Waals surface area contributed by atoms with Crippen LogP contribution in [0, 0.1) is 0 Å². The number of aliphatic imine (C=N–C) groups is 1. The fourth-order valence-electron chi connectivity index (χ4n) is 1.20. The number of nitrogens with zero attached hydrogens (tertiary/aromatic N) is 2. The van der Waals surface area contributed by atoms with Crippen LogP contribution in [0.4, 0.5) is 0 Å². The molecule has 0 aromatic carbocycles. The highest BCUT2D eigenvalue weighted by molar-refractivity contribution is 7.89. The molecule has 0 amide bonds. The summed E-state index contributed by atoms with van der Waals surface area (Å²) in [5.74, 6) is 0.249. The predicted molar refractivity (Wildman–Crippen MR) is 56.7 cm³/mol. The first-order valence-electron chi connectivity index (χ1n) is 4.53. The molecule has 88 valence electrons. The SMILES string of the molecule is CC(O)CN1CN=C(NS(C)(=O)=O)NC1. The van der Waals surface area contributed by atoms with E-state index in [-0.39, 0.29) is 5.96 Å². The minimum absolute atomic E-state index is 0.249. The summed E-state index contributed by atoms with van der Waals surface area (Å²) in [5.41, 5.74) is 0. The van der Waals surface area contributed by atoms with Crippen LogP contribution < -0.4 is 10.0 Å². The first-order chi connectivity index (χ1) is 6.87. The Labute approximate surface area is 89.2 Å².